The number of ketones is 1. The molecular formula is C31H40N6O6S. The predicted octanol–water partition coefficient (Wildman–Crippen LogP) is 3.80. The molecular weight excluding hydrogens is 584 g/mol. The standard InChI is InChI=1S/C31H40N6O6S/c1-4-33-31(41)24-13-20(44(42,43)28-11-19(7-10-34-28)30(40)18-5-8-32-9-6-18)12-23(29(24)25-16-35-37-36-25)22-14-21(17(2)3)26(38)15-27(22)39/h12-19,25,28,32,34,38-39H,4-11H2,1-3H3,(H,33,41). The molecule has 3 heterocycles. The molecule has 5 N–H and O–H groups in total. The summed E-state index contributed by atoms with van der Waals surface area (Å²) in [6.07, 6.45) is 3.63. The molecule has 2 aromatic rings. The highest BCUT2D eigenvalue weighted by Crippen LogP contribution is 2.44. The Balaban J connectivity index is 1.65. The molecule has 3 atom stereocenters. The Bertz CT molecular complexity index is 1590. The number of benzene rings is 2. The van der Waals surface area contributed by atoms with Gasteiger partial charge >= 0.3 is 0 Å². The SMILES string of the molecule is CCNC(=O)c1cc(S(=O)(=O)C2CC(C(=O)C3CCNCC3)CCN2)cc(-c2cc(C(C)C)c(O)cc2O)c1C1C=NN=N1. The predicted molar refractivity (Wildman–Crippen MR) is 166 cm³/mol. The van der Waals surface area contributed by atoms with Crippen molar-refractivity contribution in [2.45, 2.75) is 68.7 Å². The molecule has 236 valence electrons. The first-order chi connectivity index (χ1) is 21.0. The molecule has 1 amide bonds. The zero-order chi connectivity index (χ0) is 31.6. The molecule has 0 saturated carbocycles. The van der Waals surface area contributed by atoms with Gasteiger partial charge in [0.2, 0.25) is 0 Å². The summed E-state index contributed by atoms with van der Waals surface area (Å²) in [4.78, 5) is 26.7. The van der Waals surface area contributed by atoms with Gasteiger partial charge in [-0.25, -0.2) is 8.42 Å². The van der Waals surface area contributed by atoms with E-state index in [0.29, 0.717) is 24.1 Å². The van der Waals surface area contributed by atoms with E-state index in [1.165, 1.54) is 24.4 Å². The Morgan fingerprint density at radius 2 is 1.73 bits per heavy atom. The molecule has 2 fully saturated rings. The molecule has 0 bridgehead atoms. The minimum atomic E-state index is -4.12. The van der Waals surface area contributed by atoms with Crippen LogP contribution in [0.25, 0.3) is 11.1 Å². The van der Waals surface area contributed by atoms with E-state index in [1.807, 2.05) is 13.8 Å². The van der Waals surface area contributed by atoms with Crippen LogP contribution in [0.1, 0.15) is 79.9 Å². The highest BCUT2D eigenvalue weighted by atomic mass is 32.2. The van der Waals surface area contributed by atoms with Gasteiger partial charge in [0.1, 0.15) is 28.7 Å². The Labute approximate surface area is 257 Å². The zero-order valence-corrected chi connectivity index (χ0v) is 26.0. The second-order valence-corrected chi connectivity index (χ2v) is 14.1. The van der Waals surface area contributed by atoms with Gasteiger partial charge in [-0.2, -0.15) is 5.11 Å². The van der Waals surface area contributed by atoms with Gasteiger partial charge in [0.05, 0.1) is 11.1 Å². The number of phenols is 2. The lowest BCUT2D eigenvalue weighted by molar-refractivity contribution is -0.128. The summed E-state index contributed by atoms with van der Waals surface area (Å²) in [7, 11) is -4.12. The van der Waals surface area contributed by atoms with Crippen LogP contribution in [0, 0.1) is 11.8 Å². The fraction of sp³-hybridized carbons (Fsp3) is 0.516. The van der Waals surface area contributed by atoms with Crippen LogP contribution in [-0.2, 0) is 14.6 Å². The first-order valence-corrected chi connectivity index (χ1v) is 16.7. The summed E-state index contributed by atoms with van der Waals surface area (Å²) in [6, 6.07) is 4.77. The summed E-state index contributed by atoms with van der Waals surface area (Å²) in [5.41, 5.74) is 1.40. The highest BCUT2D eigenvalue weighted by molar-refractivity contribution is 7.92. The average molecular weight is 625 g/mol. The van der Waals surface area contributed by atoms with Crippen molar-refractivity contribution in [2.75, 3.05) is 26.2 Å². The maximum Gasteiger partial charge on any atom is 0.251 e. The topological polar surface area (TPSA) is 182 Å². The lowest BCUT2D eigenvalue weighted by Crippen LogP contribution is -2.47. The van der Waals surface area contributed by atoms with Gasteiger partial charge in [-0.15, -0.1) is 5.10 Å². The Kier molecular flexibility index (Phi) is 9.47. The average Bonchev–Trinajstić information content (AvgIpc) is 3.55. The number of carbonyl (C=O) groups is 2. The van der Waals surface area contributed by atoms with E-state index in [4.69, 9.17) is 0 Å². The molecule has 3 aliphatic heterocycles. The summed E-state index contributed by atoms with van der Waals surface area (Å²) in [5, 5.41) is 41.4. The van der Waals surface area contributed by atoms with Gasteiger partial charge in [-0.1, -0.05) is 13.8 Å². The summed E-state index contributed by atoms with van der Waals surface area (Å²) >= 11 is 0. The van der Waals surface area contributed by atoms with Crippen molar-refractivity contribution in [1.29, 1.82) is 0 Å². The molecule has 0 spiro atoms. The lowest BCUT2D eigenvalue weighted by atomic mass is 9.82. The number of Topliss-reactive ketones (excluding diaryl/α,β-unsaturated/α-hetero) is 1. The quantitative estimate of drug-likeness (QED) is 0.279. The minimum absolute atomic E-state index is 0.0527. The first-order valence-electron chi connectivity index (χ1n) is 15.2. The van der Waals surface area contributed by atoms with Crippen LogP contribution in [0.15, 0.2) is 44.6 Å². The van der Waals surface area contributed by atoms with Crippen LogP contribution in [0.4, 0.5) is 0 Å². The Morgan fingerprint density at radius 1 is 1.00 bits per heavy atom. The van der Waals surface area contributed by atoms with Crippen LogP contribution < -0.4 is 16.0 Å². The Hall–Kier alpha value is -3.68. The van der Waals surface area contributed by atoms with E-state index in [9.17, 15) is 28.2 Å². The molecule has 2 aromatic carbocycles. The van der Waals surface area contributed by atoms with E-state index in [-0.39, 0.29) is 69.6 Å². The number of amides is 1. The molecule has 0 aromatic heterocycles. The number of hydrogen-bond acceptors (Lipinski definition) is 11. The number of carbonyl (C=O) groups excluding carboxylic acids is 2. The third-order valence-electron chi connectivity index (χ3n) is 8.73. The number of nitrogens with one attached hydrogen (secondary N) is 3. The smallest absolute Gasteiger partial charge is 0.251 e. The van der Waals surface area contributed by atoms with Crippen LogP contribution in [0.5, 0.6) is 11.5 Å². The van der Waals surface area contributed by atoms with Crippen LogP contribution in [0.2, 0.25) is 0 Å². The molecule has 12 nitrogen and oxygen atoms in total. The van der Waals surface area contributed by atoms with Gasteiger partial charge in [0.15, 0.2) is 9.84 Å². The zero-order valence-electron chi connectivity index (χ0n) is 25.2. The lowest BCUT2D eigenvalue weighted by Gasteiger charge is -2.32. The van der Waals surface area contributed by atoms with E-state index in [1.54, 1.807) is 13.0 Å². The number of phenolic OH excluding ortho intramolecular Hbond substituents is 2. The molecule has 0 aliphatic carbocycles. The molecule has 0 radical (unpaired) electrons. The summed E-state index contributed by atoms with van der Waals surface area (Å²) < 4.78 is 28.6. The maximum absolute atomic E-state index is 14.3. The van der Waals surface area contributed by atoms with Gasteiger partial charge in [-0.05, 0) is 92.7 Å². The number of aromatic hydroxyl groups is 2. The van der Waals surface area contributed by atoms with E-state index < -0.39 is 27.2 Å². The fourth-order valence-electron chi connectivity index (χ4n) is 6.37. The van der Waals surface area contributed by atoms with Gasteiger partial charge in [-0.3, -0.25) is 9.59 Å². The maximum atomic E-state index is 14.3. The highest BCUT2D eigenvalue weighted by Gasteiger charge is 2.39. The monoisotopic (exact) mass is 624 g/mol. The van der Waals surface area contributed by atoms with Crippen LogP contribution in [0.3, 0.4) is 0 Å². The third kappa shape index (κ3) is 6.26. The summed E-state index contributed by atoms with van der Waals surface area (Å²) in [6.45, 7) is 7.72. The van der Waals surface area contributed by atoms with Crippen molar-refractivity contribution in [2.24, 2.45) is 27.3 Å². The van der Waals surface area contributed by atoms with Crippen molar-refractivity contribution in [3.63, 3.8) is 0 Å². The normalized spacial score (nSPS) is 22.4. The molecule has 5 rings (SSSR count). The molecule has 13 heteroatoms. The van der Waals surface area contributed by atoms with Gasteiger partial charge in [0, 0.05) is 41.1 Å². The number of hydrogen-bond donors (Lipinski definition) is 5. The number of sulfone groups is 1. The fourth-order valence-corrected chi connectivity index (χ4v) is 8.08. The number of rotatable bonds is 9. The largest absolute Gasteiger partial charge is 0.508 e. The molecule has 44 heavy (non-hydrogen) atoms. The van der Waals surface area contributed by atoms with E-state index in [0.717, 1.165) is 25.9 Å². The van der Waals surface area contributed by atoms with E-state index >= 15 is 0 Å². The molecule has 3 aliphatic rings. The molecule has 3 unspecified atom stereocenters. The molecule has 2 saturated heterocycles. The van der Waals surface area contributed by atoms with Gasteiger partial charge < -0.3 is 26.2 Å². The van der Waals surface area contributed by atoms with Crippen LogP contribution >= 0.6 is 0 Å². The van der Waals surface area contributed by atoms with Crippen molar-refractivity contribution in [3.05, 3.63) is 41.0 Å². The minimum Gasteiger partial charge on any atom is -0.508 e. The third-order valence-corrected chi connectivity index (χ3v) is 10.7. The summed E-state index contributed by atoms with van der Waals surface area (Å²) in [5.74, 6) is -1.38. The van der Waals surface area contributed by atoms with E-state index in [2.05, 4.69) is 31.4 Å². The van der Waals surface area contributed by atoms with Crippen LogP contribution in [-0.4, -0.2) is 68.1 Å². The van der Waals surface area contributed by atoms with Gasteiger partial charge in [0.25, 0.3) is 5.91 Å². The first kappa shape index (κ1) is 31.7. The number of nitrogens with zero attached hydrogens (tertiary/aromatic N) is 3. The van der Waals surface area contributed by atoms with Crippen molar-refractivity contribution >= 4 is 27.7 Å². The number of piperidine rings is 2. The second-order valence-electron chi connectivity index (χ2n) is 11.9. The van der Waals surface area contributed by atoms with Crippen molar-refractivity contribution in [3.8, 4) is 22.6 Å². The van der Waals surface area contributed by atoms with Crippen molar-refractivity contribution < 1.29 is 28.2 Å². The second kappa shape index (κ2) is 13.1. The van der Waals surface area contributed by atoms with Crippen molar-refractivity contribution in [1.82, 2.24) is 16.0 Å². The Morgan fingerprint density at radius 3 is 2.39 bits per heavy atom.